The van der Waals surface area contributed by atoms with Crippen molar-refractivity contribution in [3.63, 3.8) is 0 Å². The van der Waals surface area contributed by atoms with E-state index in [1.165, 1.54) is 6.33 Å². The highest BCUT2D eigenvalue weighted by Crippen LogP contribution is 2.16. The number of aryl methyl sites for hydroxylation is 1. The second-order valence-corrected chi connectivity index (χ2v) is 5.36. The van der Waals surface area contributed by atoms with Crippen LogP contribution in [-0.2, 0) is 4.79 Å². The summed E-state index contributed by atoms with van der Waals surface area (Å²) < 4.78 is 6.70. The third kappa shape index (κ3) is 3.27. The first kappa shape index (κ1) is 15.7. The van der Waals surface area contributed by atoms with Crippen LogP contribution in [0.3, 0.4) is 0 Å². The molecule has 8 nitrogen and oxygen atoms in total. The Balaban J connectivity index is 1.72. The van der Waals surface area contributed by atoms with E-state index in [2.05, 4.69) is 20.4 Å². The lowest BCUT2D eigenvalue weighted by atomic mass is 10.3. The van der Waals surface area contributed by atoms with Crippen LogP contribution < -0.4 is 15.0 Å². The largest absolute Gasteiger partial charge is 0.497 e. The molecular formula is C16H18N6O2. The van der Waals surface area contributed by atoms with E-state index in [9.17, 15) is 4.79 Å². The maximum absolute atomic E-state index is 12.3. The molecule has 2 aromatic heterocycles. The van der Waals surface area contributed by atoms with Crippen molar-refractivity contribution in [1.29, 1.82) is 0 Å². The molecule has 3 aromatic rings. The first-order chi connectivity index (χ1) is 11.6. The molecule has 0 aliphatic heterocycles. The maximum atomic E-state index is 12.3. The van der Waals surface area contributed by atoms with Gasteiger partial charge in [0, 0.05) is 24.5 Å². The molecule has 1 aromatic carbocycles. The SMILES string of the molecule is COc1ccc(NC(=O)CN(C)c2cc(C)nc3ncnn23)cc1. The third-order valence-electron chi connectivity index (χ3n) is 3.51. The number of likely N-dealkylation sites (N-methyl/N-ethyl adjacent to an activating group) is 1. The summed E-state index contributed by atoms with van der Waals surface area (Å²) in [5.41, 5.74) is 1.53. The van der Waals surface area contributed by atoms with Crippen LogP contribution in [-0.4, -0.2) is 46.2 Å². The molecule has 2 heterocycles. The third-order valence-corrected chi connectivity index (χ3v) is 3.51. The molecule has 0 radical (unpaired) electrons. The van der Waals surface area contributed by atoms with E-state index in [1.54, 1.807) is 40.8 Å². The van der Waals surface area contributed by atoms with Crippen molar-refractivity contribution in [3.8, 4) is 5.75 Å². The number of amides is 1. The Morgan fingerprint density at radius 1 is 1.33 bits per heavy atom. The number of methoxy groups -OCH3 is 1. The van der Waals surface area contributed by atoms with Crippen LogP contribution in [0, 0.1) is 6.92 Å². The average Bonchev–Trinajstić information content (AvgIpc) is 3.02. The highest BCUT2D eigenvalue weighted by Gasteiger charge is 2.13. The predicted molar refractivity (Wildman–Crippen MR) is 90.4 cm³/mol. The first-order valence-corrected chi connectivity index (χ1v) is 7.39. The smallest absolute Gasteiger partial charge is 0.254 e. The second-order valence-electron chi connectivity index (χ2n) is 5.36. The van der Waals surface area contributed by atoms with Crippen LogP contribution in [0.1, 0.15) is 5.69 Å². The van der Waals surface area contributed by atoms with Crippen molar-refractivity contribution < 1.29 is 9.53 Å². The fourth-order valence-electron chi connectivity index (χ4n) is 2.35. The van der Waals surface area contributed by atoms with E-state index in [4.69, 9.17) is 4.74 Å². The first-order valence-electron chi connectivity index (χ1n) is 7.39. The monoisotopic (exact) mass is 326 g/mol. The normalized spacial score (nSPS) is 10.6. The van der Waals surface area contributed by atoms with Crippen molar-refractivity contribution in [2.45, 2.75) is 6.92 Å². The maximum Gasteiger partial charge on any atom is 0.254 e. The molecule has 0 aliphatic carbocycles. The Bertz CT molecular complexity index is 859. The number of hydrogen-bond acceptors (Lipinski definition) is 6. The van der Waals surface area contributed by atoms with Gasteiger partial charge in [-0.1, -0.05) is 0 Å². The van der Waals surface area contributed by atoms with Gasteiger partial charge in [0.1, 0.15) is 17.9 Å². The molecule has 0 bridgehead atoms. The Labute approximate surface area is 139 Å². The summed E-state index contributed by atoms with van der Waals surface area (Å²) in [6, 6.07) is 9.04. The summed E-state index contributed by atoms with van der Waals surface area (Å²) >= 11 is 0. The number of nitrogens with zero attached hydrogens (tertiary/aromatic N) is 5. The van der Waals surface area contributed by atoms with E-state index in [0.717, 1.165) is 17.3 Å². The number of benzene rings is 1. The molecule has 24 heavy (non-hydrogen) atoms. The van der Waals surface area contributed by atoms with Gasteiger partial charge in [0.15, 0.2) is 0 Å². The lowest BCUT2D eigenvalue weighted by Gasteiger charge is -2.19. The van der Waals surface area contributed by atoms with Gasteiger partial charge in [0.2, 0.25) is 5.91 Å². The van der Waals surface area contributed by atoms with Gasteiger partial charge in [0.25, 0.3) is 5.78 Å². The number of anilines is 2. The number of hydrogen-bond donors (Lipinski definition) is 1. The van der Waals surface area contributed by atoms with E-state index in [1.807, 2.05) is 20.0 Å². The quantitative estimate of drug-likeness (QED) is 0.765. The summed E-state index contributed by atoms with van der Waals surface area (Å²) in [7, 11) is 3.42. The van der Waals surface area contributed by atoms with Gasteiger partial charge in [-0.15, -0.1) is 0 Å². The van der Waals surface area contributed by atoms with Gasteiger partial charge >= 0.3 is 0 Å². The highest BCUT2D eigenvalue weighted by molar-refractivity contribution is 5.94. The average molecular weight is 326 g/mol. The van der Waals surface area contributed by atoms with Crippen LogP contribution >= 0.6 is 0 Å². The standard InChI is InChI=1S/C16H18N6O2/c1-11-8-15(22-16(19-11)17-10-18-22)21(2)9-14(23)20-12-4-6-13(24-3)7-5-12/h4-8,10H,9H2,1-3H3,(H,20,23). The Kier molecular flexibility index (Phi) is 4.28. The highest BCUT2D eigenvalue weighted by atomic mass is 16.5. The number of rotatable bonds is 5. The molecule has 124 valence electrons. The fraction of sp³-hybridized carbons (Fsp3) is 0.250. The lowest BCUT2D eigenvalue weighted by molar-refractivity contribution is -0.114. The number of fused-ring (bicyclic) bond motifs is 1. The van der Waals surface area contributed by atoms with E-state index < -0.39 is 0 Å². The number of aromatic nitrogens is 4. The molecule has 1 N–H and O–H groups in total. The molecule has 0 saturated heterocycles. The lowest BCUT2D eigenvalue weighted by Crippen LogP contribution is -2.31. The number of nitrogens with one attached hydrogen (secondary N) is 1. The van der Waals surface area contributed by atoms with Crippen LogP contribution in [0.25, 0.3) is 5.78 Å². The second kappa shape index (κ2) is 6.53. The minimum Gasteiger partial charge on any atom is -0.497 e. The van der Waals surface area contributed by atoms with Crippen molar-refractivity contribution in [1.82, 2.24) is 19.6 Å². The molecule has 0 fully saturated rings. The predicted octanol–water partition coefficient (Wildman–Crippen LogP) is 1.52. The zero-order valence-corrected chi connectivity index (χ0v) is 13.7. The zero-order chi connectivity index (χ0) is 17.1. The minimum atomic E-state index is -0.134. The summed E-state index contributed by atoms with van der Waals surface area (Å²) in [5.74, 6) is 1.86. The molecule has 0 aliphatic rings. The number of carbonyl (C=O) groups excluding carboxylic acids is 1. The molecule has 0 spiro atoms. The molecule has 0 saturated carbocycles. The van der Waals surface area contributed by atoms with Crippen LogP contribution in [0.4, 0.5) is 11.5 Å². The Morgan fingerprint density at radius 3 is 2.79 bits per heavy atom. The molecule has 1 amide bonds. The van der Waals surface area contributed by atoms with Gasteiger partial charge in [-0.3, -0.25) is 4.79 Å². The molecule has 0 atom stereocenters. The van der Waals surface area contributed by atoms with Crippen LogP contribution in [0.5, 0.6) is 5.75 Å². The number of carbonyl (C=O) groups is 1. The van der Waals surface area contributed by atoms with Gasteiger partial charge in [-0.25, -0.2) is 4.98 Å². The zero-order valence-electron chi connectivity index (χ0n) is 13.7. The Morgan fingerprint density at radius 2 is 2.08 bits per heavy atom. The fourth-order valence-corrected chi connectivity index (χ4v) is 2.35. The van der Waals surface area contributed by atoms with Gasteiger partial charge in [-0.05, 0) is 31.2 Å². The summed E-state index contributed by atoms with van der Waals surface area (Å²) in [5, 5.41) is 7.00. The van der Waals surface area contributed by atoms with Crippen LogP contribution in [0.15, 0.2) is 36.7 Å². The van der Waals surface area contributed by atoms with E-state index in [0.29, 0.717) is 11.5 Å². The minimum absolute atomic E-state index is 0.134. The van der Waals surface area contributed by atoms with Crippen molar-refractivity contribution in [2.75, 3.05) is 30.9 Å². The molecular weight excluding hydrogens is 308 g/mol. The summed E-state index contributed by atoms with van der Waals surface area (Å²) in [6.45, 7) is 2.05. The Hall–Kier alpha value is -3.16. The van der Waals surface area contributed by atoms with E-state index >= 15 is 0 Å². The summed E-state index contributed by atoms with van der Waals surface area (Å²) in [6.07, 6.45) is 1.44. The molecule has 3 rings (SSSR count). The topological polar surface area (TPSA) is 84.6 Å². The van der Waals surface area contributed by atoms with Crippen molar-refractivity contribution in [3.05, 3.63) is 42.4 Å². The van der Waals surface area contributed by atoms with E-state index in [-0.39, 0.29) is 12.5 Å². The molecule has 8 heteroatoms. The van der Waals surface area contributed by atoms with Crippen LogP contribution in [0.2, 0.25) is 0 Å². The summed E-state index contributed by atoms with van der Waals surface area (Å²) in [4.78, 5) is 22.4. The van der Waals surface area contributed by atoms with Gasteiger partial charge in [-0.2, -0.15) is 14.6 Å². The van der Waals surface area contributed by atoms with Gasteiger partial charge < -0.3 is 15.0 Å². The van der Waals surface area contributed by atoms with Crippen molar-refractivity contribution >= 4 is 23.2 Å². The van der Waals surface area contributed by atoms with Gasteiger partial charge in [0.05, 0.1) is 13.7 Å². The molecule has 0 unspecified atom stereocenters. The van der Waals surface area contributed by atoms with Crippen molar-refractivity contribution in [2.24, 2.45) is 0 Å². The number of ether oxygens (including phenoxy) is 1.